The molecule has 0 atom stereocenters. The van der Waals surface area contributed by atoms with Crippen molar-refractivity contribution in [3.63, 3.8) is 0 Å². The Kier molecular flexibility index (Phi) is 5.80. The largest absolute Gasteiger partial charge is 0.497 e. The van der Waals surface area contributed by atoms with Gasteiger partial charge in [0.2, 0.25) is 0 Å². The van der Waals surface area contributed by atoms with Crippen LogP contribution in [-0.4, -0.2) is 23.6 Å². The molecule has 140 valence electrons. The second-order valence-electron chi connectivity index (χ2n) is 6.07. The lowest BCUT2D eigenvalue weighted by molar-refractivity contribution is 0.102. The molecule has 0 saturated heterocycles. The fourth-order valence-corrected chi connectivity index (χ4v) is 5.13. The number of carbonyl (C=O) groups is 1. The maximum absolute atomic E-state index is 12.5. The number of aromatic nitrogens is 1. The lowest BCUT2D eigenvalue weighted by atomic mass is 10.0. The van der Waals surface area contributed by atoms with Crippen molar-refractivity contribution in [2.24, 2.45) is 0 Å². The molecule has 2 heterocycles. The standard InChI is InChI=1S/C22H16BrNO2S2/c1-26-15-7-8-16-17(14-5-3-2-4-6-14)12-22(24-18(16)11-15)27-13-19(25)20-9-10-21(23)28-20/h2-12H,13H2,1H3. The van der Waals surface area contributed by atoms with E-state index in [0.29, 0.717) is 5.75 Å². The molecular weight excluding hydrogens is 454 g/mol. The Balaban J connectivity index is 1.70. The summed E-state index contributed by atoms with van der Waals surface area (Å²) < 4.78 is 6.32. The van der Waals surface area contributed by atoms with Gasteiger partial charge in [-0.15, -0.1) is 11.3 Å². The summed E-state index contributed by atoms with van der Waals surface area (Å²) in [6.45, 7) is 0. The number of benzene rings is 2. The number of thiophene rings is 1. The highest BCUT2D eigenvalue weighted by Gasteiger charge is 2.13. The van der Waals surface area contributed by atoms with Crippen LogP contribution in [-0.2, 0) is 0 Å². The first-order valence-corrected chi connectivity index (χ1v) is 11.2. The SMILES string of the molecule is COc1ccc2c(-c3ccccc3)cc(SCC(=O)c3ccc(Br)s3)nc2c1. The van der Waals surface area contributed by atoms with E-state index in [2.05, 4.69) is 34.1 Å². The number of nitrogens with zero attached hydrogens (tertiary/aromatic N) is 1. The number of pyridine rings is 1. The van der Waals surface area contributed by atoms with Gasteiger partial charge < -0.3 is 4.74 Å². The monoisotopic (exact) mass is 469 g/mol. The molecule has 6 heteroatoms. The van der Waals surface area contributed by atoms with Gasteiger partial charge in [-0.1, -0.05) is 42.1 Å². The fraction of sp³-hybridized carbons (Fsp3) is 0.0909. The molecule has 0 saturated carbocycles. The van der Waals surface area contributed by atoms with E-state index in [1.54, 1.807) is 7.11 Å². The second-order valence-corrected chi connectivity index (χ2v) is 9.53. The van der Waals surface area contributed by atoms with Gasteiger partial charge >= 0.3 is 0 Å². The van der Waals surface area contributed by atoms with Crippen molar-refractivity contribution in [2.75, 3.05) is 12.9 Å². The Morgan fingerprint density at radius 1 is 1.11 bits per heavy atom. The van der Waals surface area contributed by atoms with Gasteiger partial charge in [0.1, 0.15) is 5.75 Å². The first-order chi connectivity index (χ1) is 13.6. The number of rotatable bonds is 6. The van der Waals surface area contributed by atoms with E-state index in [1.165, 1.54) is 23.1 Å². The first-order valence-electron chi connectivity index (χ1n) is 8.59. The number of halogens is 1. The molecule has 0 unspecified atom stereocenters. The second kappa shape index (κ2) is 8.47. The van der Waals surface area contributed by atoms with Crippen molar-refractivity contribution in [1.29, 1.82) is 0 Å². The van der Waals surface area contributed by atoms with Gasteiger partial charge in [-0.3, -0.25) is 4.79 Å². The van der Waals surface area contributed by atoms with Crippen LogP contribution in [0.1, 0.15) is 9.67 Å². The molecule has 4 rings (SSSR count). The quantitative estimate of drug-likeness (QED) is 0.232. The van der Waals surface area contributed by atoms with Crippen molar-refractivity contribution >= 4 is 55.7 Å². The number of hydrogen-bond donors (Lipinski definition) is 0. The third-order valence-corrected chi connectivity index (χ3v) is 6.85. The summed E-state index contributed by atoms with van der Waals surface area (Å²) in [5.74, 6) is 1.22. The number of fused-ring (bicyclic) bond motifs is 1. The predicted molar refractivity (Wildman–Crippen MR) is 121 cm³/mol. The topological polar surface area (TPSA) is 39.2 Å². The zero-order chi connectivity index (χ0) is 19.5. The molecule has 0 aliphatic heterocycles. The molecule has 4 aromatic rings. The number of hydrogen-bond acceptors (Lipinski definition) is 5. The van der Waals surface area contributed by atoms with Gasteiger partial charge in [0.25, 0.3) is 0 Å². The number of Topliss-reactive ketones (excluding diaryl/α,β-unsaturated/α-hetero) is 1. The van der Waals surface area contributed by atoms with Crippen LogP contribution in [0.15, 0.2) is 75.5 Å². The lowest BCUT2D eigenvalue weighted by Gasteiger charge is -2.11. The van der Waals surface area contributed by atoms with Gasteiger partial charge in [-0.2, -0.15) is 0 Å². The van der Waals surface area contributed by atoms with E-state index in [-0.39, 0.29) is 5.78 Å². The molecule has 0 N–H and O–H groups in total. The number of ketones is 1. The van der Waals surface area contributed by atoms with Crippen LogP contribution in [0.5, 0.6) is 5.75 Å². The third-order valence-electron chi connectivity index (χ3n) is 4.28. The van der Waals surface area contributed by atoms with Gasteiger partial charge in [-0.05, 0) is 57.4 Å². The molecule has 2 aromatic heterocycles. The minimum absolute atomic E-state index is 0.106. The van der Waals surface area contributed by atoms with Crippen molar-refractivity contribution in [2.45, 2.75) is 5.03 Å². The zero-order valence-corrected chi connectivity index (χ0v) is 18.2. The third kappa shape index (κ3) is 4.14. The molecule has 0 amide bonds. The van der Waals surface area contributed by atoms with E-state index >= 15 is 0 Å². The minimum atomic E-state index is 0.106. The molecule has 0 bridgehead atoms. The minimum Gasteiger partial charge on any atom is -0.497 e. The lowest BCUT2D eigenvalue weighted by Crippen LogP contribution is -2.00. The van der Waals surface area contributed by atoms with Crippen molar-refractivity contribution in [3.05, 3.63) is 75.4 Å². The fourth-order valence-electron chi connectivity index (χ4n) is 2.92. The van der Waals surface area contributed by atoms with Gasteiger partial charge in [0.15, 0.2) is 5.78 Å². The highest BCUT2D eigenvalue weighted by Crippen LogP contribution is 2.34. The highest BCUT2D eigenvalue weighted by molar-refractivity contribution is 9.11. The van der Waals surface area contributed by atoms with E-state index < -0.39 is 0 Å². The normalized spacial score (nSPS) is 10.9. The van der Waals surface area contributed by atoms with Crippen LogP contribution in [0.4, 0.5) is 0 Å². The first kappa shape index (κ1) is 19.2. The molecule has 0 radical (unpaired) electrons. The molecule has 0 aliphatic rings. The van der Waals surface area contributed by atoms with E-state index in [4.69, 9.17) is 9.72 Å². The van der Waals surface area contributed by atoms with Gasteiger partial charge in [-0.25, -0.2) is 4.98 Å². The molecule has 28 heavy (non-hydrogen) atoms. The van der Waals surface area contributed by atoms with Crippen molar-refractivity contribution in [3.8, 4) is 16.9 Å². The number of carbonyl (C=O) groups excluding carboxylic acids is 1. The Bertz CT molecular complexity index is 1140. The van der Waals surface area contributed by atoms with Crippen molar-refractivity contribution in [1.82, 2.24) is 4.98 Å². The maximum atomic E-state index is 12.5. The summed E-state index contributed by atoms with van der Waals surface area (Å²) in [6.07, 6.45) is 0. The Morgan fingerprint density at radius 2 is 1.93 bits per heavy atom. The Labute approximate surface area is 179 Å². The molecule has 0 fully saturated rings. The summed E-state index contributed by atoms with van der Waals surface area (Å²) in [5.41, 5.74) is 3.08. The summed E-state index contributed by atoms with van der Waals surface area (Å²) in [4.78, 5) is 18.0. The average Bonchev–Trinajstić information content (AvgIpc) is 3.18. The molecule has 3 nitrogen and oxygen atoms in total. The number of ether oxygens (including phenoxy) is 1. The summed E-state index contributed by atoms with van der Waals surface area (Å²) >= 11 is 6.32. The molecule has 0 spiro atoms. The number of methoxy groups -OCH3 is 1. The van der Waals surface area contributed by atoms with E-state index in [9.17, 15) is 4.79 Å². The van der Waals surface area contributed by atoms with Crippen LogP contribution in [0.25, 0.3) is 22.0 Å². The Morgan fingerprint density at radius 3 is 2.64 bits per heavy atom. The van der Waals surface area contributed by atoms with E-state index in [0.717, 1.165) is 41.5 Å². The summed E-state index contributed by atoms with van der Waals surface area (Å²) in [6, 6.07) is 22.0. The number of thioether (sulfide) groups is 1. The van der Waals surface area contributed by atoms with Gasteiger partial charge in [0.05, 0.1) is 32.1 Å². The van der Waals surface area contributed by atoms with Crippen LogP contribution in [0.2, 0.25) is 0 Å². The smallest absolute Gasteiger partial charge is 0.183 e. The molecule has 0 aliphatic carbocycles. The van der Waals surface area contributed by atoms with Crippen molar-refractivity contribution < 1.29 is 9.53 Å². The van der Waals surface area contributed by atoms with Gasteiger partial charge in [0, 0.05) is 11.5 Å². The molecule has 2 aromatic carbocycles. The Hall–Kier alpha value is -2.15. The average molecular weight is 470 g/mol. The van der Waals surface area contributed by atoms with Crippen LogP contribution >= 0.6 is 39.0 Å². The maximum Gasteiger partial charge on any atom is 0.183 e. The van der Waals surface area contributed by atoms with Crippen LogP contribution in [0, 0.1) is 0 Å². The molecular formula is C22H16BrNO2S2. The predicted octanol–water partition coefficient (Wildman–Crippen LogP) is 6.71. The zero-order valence-electron chi connectivity index (χ0n) is 15.0. The highest BCUT2D eigenvalue weighted by atomic mass is 79.9. The van der Waals surface area contributed by atoms with E-state index in [1.807, 2.05) is 48.5 Å². The van der Waals surface area contributed by atoms with Crippen LogP contribution < -0.4 is 4.74 Å². The summed E-state index contributed by atoms with van der Waals surface area (Å²) in [5, 5.41) is 1.88. The van der Waals surface area contributed by atoms with Crippen LogP contribution in [0.3, 0.4) is 0 Å². The summed E-state index contributed by atoms with van der Waals surface area (Å²) in [7, 11) is 1.65.